The van der Waals surface area contributed by atoms with Crippen LogP contribution in [0.15, 0.2) is 42.2 Å². The molecule has 0 heterocycles. The van der Waals surface area contributed by atoms with Crippen LogP contribution in [-0.4, -0.2) is 6.69 Å². The molecule has 0 amide bonds. The van der Waals surface area contributed by atoms with Crippen LogP contribution in [0.4, 0.5) is 0 Å². The topological polar surface area (TPSA) is 0 Å². The van der Waals surface area contributed by atoms with Crippen LogP contribution in [0.25, 0.3) is 0 Å². The summed E-state index contributed by atoms with van der Waals surface area (Å²) in [4.78, 5) is 0. The van der Waals surface area contributed by atoms with E-state index in [0.29, 0.717) is 11.8 Å². The molecule has 0 fully saturated rings. The SMILES string of the molecule is CC1=CC(C)=[C]([Ti][C]2=C(C)C=C(C)C2C)C1C.CC[Si](Cl)(Cl)CC. The second kappa shape index (κ2) is 9.42. The molecule has 0 aromatic carbocycles. The van der Waals surface area contributed by atoms with Crippen molar-refractivity contribution in [1.82, 2.24) is 0 Å². The molecule has 0 radical (unpaired) electrons. The van der Waals surface area contributed by atoms with E-state index in [1.165, 1.54) is 0 Å². The van der Waals surface area contributed by atoms with Gasteiger partial charge >= 0.3 is 115 Å². The van der Waals surface area contributed by atoms with E-state index in [4.69, 9.17) is 22.2 Å². The van der Waals surface area contributed by atoms with E-state index in [2.05, 4.69) is 53.7 Å². The molecule has 0 bridgehead atoms. The Balaban J connectivity index is 0.000000351. The Kier molecular flexibility index (Phi) is 8.84. The van der Waals surface area contributed by atoms with Gasteiger partial charge in [0.05, 0.1) is 0 Å². The first-order valence-corrected chi connectivity index (χ1v) is 15.0. The van der Waals surface area contributed by atoms with E-state index >= 15 is 0 Å². The van der Waals surface area contributed by atoms with Gasteiger partial charge in [-0.2, -0.15) is 0 Å². The average molecular weight is 419 g/mol. The molecule has 0 saturated heterocycles. The first-order valence-electron chi connectivity index (χ1n) is 8.96. The molecule has 134 valence electrons. The maximum Gasteiger partial charge on any atom is 0.250 e. The van der Waals surface area contributed by atoms with Gasteiger partial charge in [0.25, 0.3) is 6.69 Å². The van der Waals surface area contributed by atoms with Gasteiger partial charge in [0, 0.05) is 0 Å². The van der Waals surface area contributed by atoms with Crippen molar-refractivity contribution in [2.75, 3.05) is 0 Å². The summed E-state index contributed by atoms with van der Waals surface area (Å²) in [5, 5.41) is 0. The molecule has 2 aliphatic rings. The van der Waals surface area contributed by atoms with Crippen LogP contribution < -0.4 is 0 Å². The van der Waals surface area contributed by atoms with Crippen molar-refractivity contribution >= 4 is 28.9 Å². The summed E-state index contributed by atoms with van der Waals surface area (Å²) >= 11 is 11.5. The molecule has 2 rings (SSSR count). The van der Waals surface area contributed by atoms with Gasteiger partial charge in [0.2, 0.25) is 0 Å². The Hall–Kier alpha value is 0.471. The summed E-state index contributed by atoms with van der Waals surface area (Å²) in [5.74, 6) is 1.40. The van der Waals surface area contributed by atoms with Gasteiger partial charge in [0.15, 0.2) is 0 Å². The normalized spacial score (nSPS) is 23.9. The van der Waals surface area contributed by atoms with Crippen LogP contribution in [0.5, 0.6) is 0 Å². The van der Waals surface area contributed by atoms with Crippen molar-refractivity contribution < 1.29 is 19.2 Å². The molecule has 0 aliphatic heterocycles. The molecule has 0 nitrogen and oxygen atoms in total. The maximum absolute atomic E-state index is 5.81. The average Bonchev–Trinajstić information content (AvgIpc) is 2.91. The number of halogens is 2. The fourth-order valence-electron chi connectivity index (χ4n) is 3.04. The Morgan fingerprint density at radius 2 is 1.17 bits per heavy atom. The summed E-state index contributed by atoms with van der Waals surface area (Å²) in [5.41, 5.74) is 6.20. The molecule has 0 aromatic rings. The minimum absolute atomic E-state index is 0.0939. The molecule has 0 saturated carbocycles. The Morgan fingerprint density at radius 3 is 1.33 bits per heavy atom. The number of rotatable bonds is 4. The van der Waals surface area contributed by atoms with E-state index in [-0.39, 0.29) is 19.2 Å². The molecule has 2 unspecified atom stereocenters. The van der Waals surface area contributed by atoms with Gasteiger partial charge in [0.1, 0.15) is 0 Å². The van der Waals surface area contributed by atoms with Crippen LogP contribution in [0.1, 0.15) is 55.4 Å². The Bertz CT molecular complexity index is 547. The van der Waals surface area contributed by atoms with E-state index in [1.54, 1.807) is 30.0 Å². The molecule has 2 atom stereocenters. The first kappa shape index (κ1) is 22.5. The predicted octanol–water partition coefficient (Wildman–Crippen LogP) is 7.75. The molecule has 0 spiro atoms. The Morgan fingerprint density at radius 1 is 0.833 bits per heavy atom. The zero-order chi connectivity index (χ0) is 18.7. The van der Waals surface area contributed by atoms with Crippen molar-refractivity contribution in [3.05, 3.63) is 42.2 Å². The summed E-state index contributed by atoms with van der Waals surface area (Å²) in [6.45, 7) is 16.2. The van der Waals surface area contributed by atoms with E-state index < -0.39 is 6.69 Å². The second-order valence-corrected chi connectivity index (χ2v) is 17.2. The minimum atomic E-state index is -1.71. The van der Waals surface area contributed by atoms with Crippen LogP contribution in [0.2, 0.25) is 12.1 Å². The predicted molar refractivity (Wildman–Crippen MR) is 110 cm³/mol. The van der Waals surface area contributed by atoms with Crippen LogP contribution >= 0.6 is 22.2 Å². The standard InChI is InChI=1S/2C8H11.C4H10Cl2Si.Ti/c2*1-6-4-7(2)8(3)5-6;1-3-7(5,6)4-2;/h2*4,8H,1-3H3;3-4H2,1-2H3;. The van der Waals surface area contributed by atoms with E-state index in [1.807, 2.05) is 13.8 Å². The van der Waals surface area contributed by atoms with Crippen LogP contribution in [-0.2, 0) is 19.2 Å². The Labute approximate surface area is 168 Å². The van der Waals surface area contributed by atoms with Gasteiger partial charge in [-0.1, -0.05) is 13.8 Å². The summed E-state index contributed by atoms with van der Waals surface area (Å²) in [6, 6.07) is 1.93. The quantitative estimate of drug-likeness (QED) is 0.323. The molecular formula is C20H32Cl2SiTi. The molecule has 0 N–H and O–H groups in total. The number of hydrogen-bond donors (Lipinski definition) is 0. The minimum Gasteiger partial charge on any atom is -0.146 e. The van der Waals surface area contributed by atoms with Crippen LogP contribution in [0.3, 0.4) is 0 Å². The zero-order valence-corrected chi connectivity index (χ0v) is 20.6. The molecule has 0 aromatic heterocycles. The fourth-order valence-corrected chi connectivity index (χ4v) is 6.22. The van der Waals surface area contributed by atoms with Crippen LogP contribution in [0, 0.1) is 11.8 Å². The van der Waals surface area contributed by atoms with Crippen molar-refractivity contribution in [2.45, 2.75) is 67.5 Å². The van der Waals surface area contributed by atoms with Gasteiger partial charge in [-0.25, -0.2) is 0 Å². The van der Waals surface area contributed by atoms with Crippen molar-refractivity contribution in [1.29, 1.82) is 0 Å². The largest absolute Gasteiger partial charge is 0.250 e. The molecule has 24 heavy (non-hydrogen) atoms. The fraction of sp³-hybridized carbons (Fsp3) is 0.600. The van der Waals surface area contributed by atoms with E-state index in [9.17, 15) is 0 Å². The van der Waals surface area contributed by atoms with Gasteiger partial charge in [-0.05, 0) is 12.1 Å². The number of allylic oxidation sites excluding steroid dienone is 8. The third-order valence-electron chi connectivity index (χ3n) is 5.27. The monoisotopic (exact) mass is 418 g/mol. The van der Waals surface area contributed by atoms with Gasteiger partial charge in [-0.3, -0.25) is 0 Å². The second-order valence-electron chi connectivity index (χ2n) is 7.10. The van der Waals surface area contributed by atoms with Gasteiger partial charge in [-0.15, -0.1) is 22.2 Å². The molecular weight excluding hydrogens is 387 g/mol. The van der Waals surface area contributed by atoms with Crippen molar-refractivity contribution in [3.63, 3.8) is 0 Å². The summed E-state index contributed by atoms with van der Waals surface area (Å²) in [6.07, 6.45) is 4.78. The van der Waals surface area contributed by atoms with E-state index in [0.717, 1.165) is 12.1 Å². The number of hydrogen-bond acceptors (Lipinski definition) is 0. The maximum atomic E-state index is 5.81. The zero-order valence-electron chi connectivity index (χ0n) is 16.5. The smallest absolute Gasteiger partial charge is 0.146 e. The van der Waals surface area contributed by atoms with Gasteiger partial charge < -0.3 is 0 Å². The molecule has 4 heteroatoms. The first-order chi connectivity index (χ1) is 11.0. The third kappa shape index (κ3) is 5.74. The summed E-state index contributed by atoms with van der Waals surface area (Å²) in [7, 11) is 0. The van der Waals surface area contributed by atoms with Crippen molar-refractivity contribution in [3.8, 4) is 0 Å². The third-order valence-corrected chi connectivity index (χ3v) is 14.0. The van der Waals surface area contributed by atoms with Crippen molar-refractivity contribution in [2.24, 2.45) is 11.8 Å². The molecule has 2 aliphatic carbocycles. The summed E-state index contributed by atoms with van der Waals surface area (Å²) < 4.78 is 3.51.